The fourth-order valence-corrected chi connectivity index (χ4v) is 4.10. The lowest BCUT2D eigenvalue weighted by molar-refractivity contribution is 0.0374. The number of hydrogen-bond acceptors (Lipinski definition) is 4. The summed E-state index contributed by atoms with van der Waals surface area (Å²) in [5.74, 6) is -0.219. The smallest absolute Gasteiger partial charge is 0.270 e. The molecule has 0 unspecified atom stereocenters. The summed E-state index contributed by atoms with van der Waals surface area (Å²) in [6, 6.07) is 14.3. The van der Waals surface area contributed by atoms with Crippen LogP contribution < -0.4 is 5.32 Å². The number of halogens is 3. The fourth-order valence-electron chi connectivity index (χ4n) is 3.58. The van der Waals surface area contributed by atoms with Gasteiger partial charge in [-0.25, -0.2) is 4.68 Å². The van der Waals surface area contributed by atoms with E-state index in [2.05, 4.69) is 15.3 Å². The Hall–Kier alpha value is -2.09. The first kappa shape index (κ1) is 23.1. The van der Waals surface area contributed by atoms with Crippen LogP contribution in [0.3, 0.4) is 0 Å². The zero-order valence-electron chi connectivity index (χ0n) is 17.4. The second-order valence-electron chi connectivity index (χ2n) is 7.47. The van der Waals surface area contributed by atoms with Crippen molar-refractivity contribution in [2.75, 3.05) is 39.4 Å². The molecule has 4 rings (SSSR count). The molecule has 1 fully saturated rings. The Balaban J connectivity index is 1.55. The van der Waals surface area contributed by atoms with Gasteiger partial charge in [-0.15, -0.1) is 0 Å². The van der Waals surface area contributed by atoms with E-state index in [0.29, 0.717) is 38.7 Å². The van der Waals surface area contributed by atoms with E-state index in [9.17, 15) is 4.79 Å². The zero-order valence-corrected chi connectivity index (χ0v) is 19.6. The van der Waals surface area contributed by atoms with Crippen molar-refractivity contribution >= 4 is 40.7 Å². The van der Waals surface area contributed by atoms with Crippen molar-refractivity contribution in [2.24, 2.45) is 0 Å². The van der Waals surface area contributed by atoms with E-state index < -0.39 is 0 Å². The lowest BCUT2D eigenvalue weighted by atomic mass is 10.1. The molecule has 3 aromatic rings. The quantitative estimate of drug-likeness (QED) is 0.473. The molecule has 1 aliphatic heterocycles. The van der Waals surface area contributed by atoms with Gasteiger partial charge < -0.3 is 10.1 Å². The van der Waals surface area contributed by atoms with Gasteiger partial charge in [-0.2, -0.15) is 5.10 Å². The summed E-state index contributed by atoms with van der Waals surface area (Å²) in [6.07, 6.45) is 0.851. The van der Waals surface area contributed by atoms with Crippen molar-refractivity contribution in [3.63, 3.8) is 0 Å². The average Bonchev–Trinajstić information content (AvgIpc) is 3.25. The minimum atomic E-state index is -0.219. The first-order valence-corrected chi connectivity index (χ1v) is 11.5. The number of morpholine rings is 1. The third-order valence-corrected chi connectivity index (χ3v) is 6.35. The number of nitrogens with one attached hydrogen (secondary N) is 1. The molecule has 1 saturated heterocycles. The second kappa shape index (κ2) is 10.7. The van der Waals surface area contributed by atoms with E-state index in [1.165, 1.54) is 0 Å². The highest BCUT2D eigenvalue weighted by Crippen LogP contribution is 2.30. The van der Waals surface area contributed by atoms with Gasteiger partial charge in [-0.1, -0.05) is 53.0 Å². The third kappa shape index (κ3) is 5.45. The largest absolute Gasteiger partial charge is 0.379 e. The molecule has 1 aromatic heterocycles. The van der Waals surface area contributed by atoms with Crippen LogP contribution in [0, 0.1) is 0 Å². The summed E-state index contributed by atoms with van der Waals surface area (Å²) < 4.78 is 6.94. The van der Waals surface area contributed by atoms with Gasteiger partial charge in [0.2, 0.25) is 0 Å². The highest BCUT2D eigenvalue weighted by molar-refractivity contribution is 6.42. The molecular formula is C23H23Cl3N4O2. The Bertz CT molecular complexity index is 1100. The summed E-state index contributed by atoms with van der Waals surface area (Å²) in [5.41, 5.74) is 2.37. The summed E-state index contributed by atoms with van der Waals surface area (Å²) in [6.45, 7) is 4.86. The van der Waals surface area contributed by atoms with Crippen molar-refractivity contribution in [1.82, 2.24) is 20.0 Å². The molecule has 0 spiro atoms. The first-order chi connectivity index (χ1) is 15.5. The number of amides is 1. The van der Waals surface area contributed by atoms with Crippen LogP contribution in [-0.4, -0.2) is 60.0 Å². The second-order valence-corrected chi connectivity index (χ2v) is 8.69. The van der Waals surface area contributed by atoms with Crippen LogP contribution in [0.1, 0.15) is 16.9 Å². The molecule has 0 atom stereocenters. The number of hydrogen-bond donors (Lipinski definition) is 1. The number of nitrogens with zero attached hydrogens (tertiary/aromatic N) is 3. The number of carbonyl (C=O) groups is 1. The van der Waals surface area contributed by atoms with Crippen molar-refractivity contribution in [3.05, 3.63) is 69.3 Å². The van der Waals surface area contributed by atoms with Gasteiger partial charge in [0.1, 0.15) is 5.69 Å². The predicted octanol–water partition coefficient (Wildman–Crippen LogP) is 4.95. The predicted molar refractivity (Wildman–Crippen MR) is 128 cm³/mol. The Morgan fingerprint density at radius 3 is 2.53 bits per heavy atom. The zero-order chi connectivity index (χ0) is 22.5. The van der Waals surface area contributed by atoms with E-state index in [1.807, 2.05) is 18.2 Å². The third-order valence-electron chi connectivity index (χ3n) is 5.28. The van der Waals surface area contributed by atoms with E-state index in [1.54, 1.807) is 35.0 Å². The molecule has 1 aliphatic rings. The van der Waals surface area contributed by atoms with Crippen LogP contribution in [0.4, 0.5) is 0 Å². The normalized spacial score (nSPS) is 14.5. The SMILES string of the molecule is O=C(NCCCN1CCOCC1)c1cc(-c2ccccc2Cl)nn1-c1ccc(Cl)c(Cl)c1. The molecular weight excluding hydrogens is 471 g/mol. The van der Waals surface area contributed by atoms with Crippen molar-refractivity contribution in [2.45, 2.75) is 6.42 Å². The van der Waals surface area contributed by atoms with Gasteiger partial charge >= 0.3 is 0 Å². The van der Waals surface area contributed by atoms with Gasteiger partial charge in [0.25, 0.3) is 5.91 Å². The van der Waals surface area contributed by atoms with Crippen molar-refractivity contribution < 1.29 is 9.53 Å². The molecule has 168 valence electrons. The number of rotatable bonds is 7. The average molecular weight is 494 g/mol. The van der Waals surface area contributed by atoms with E-state index >= 15 is 0 Å². The Kier molecular flexibility index (Phi) is 7.71. The fraction of sp³-hybridized carbons (Fsp3) is 0.304. The maximum absolute atomic E-state index is 13.1. The Morgan fingerprint density at radius 2 is 1.78 bits per heavy atom. The van der Waals surface area contributed by atoms with Crippen LogP contribution in [0.2, 0.25) is 15.1 Å². The minimum absolute atomic E-state index is 0.219. The summed E-state index contributed by atoms with van der Waals surface area (Å²) in [5, 5.41) is 9.03. The maximum atomic E-state index is 13.1. The van der Waals surface area contributed by atoms with Gasteiger partial charge in [0, 0.05) is 25.2 Å². The Labute approximate surface area is 202 Å². The highest BCUT2D eigenvalue weighted by atomic mass is 35.5. The van der Waals surface area contributed by atoms with E-state index in [-0.39, 0.29) is 5.91 Å². The molecule has 0 saturated carbocycles. The van der Waals surface area contributed by atoms with Crippen LogP contribution in [-0.2, 0) is 4.74 Å². The van der Waals surface area contributed by atoms with Gasteiger partial charge in [-0.05, 0) is 43.3 Å². The maximum Gasteiger partial charge on any atom is 0.270 e. The molecule has 0 bridgehead atoms. The van der Waals surface area contributed by atoms with Gasteiger partial charge in [-0.3, -0.25) is 9.69 Å². The number of carbonyl (C=O) groups excluding carboxylic acids is 1. The topological polar surface area (TPSA) is 59.4 Å². The standard InChI is InChI=1S/C23H23Cl3N4O2/c24-18-5-2-1-4-17(18)21-15-22(30(28-21)16-6-7-19(25)20(26)14-16)23(31)27-8-3-9-29-10-12-32-13-11-29/h1-2,4-7,14-15H,3,8-13H2,(H,27,31). The molecule has 1 amide bonds. The number of aromatic nitrogens is 2. The van der Waals surface area contributed by atoms with Crippen LogP contribution in [0.15, 0.2) is 48.5 Å². The number of ether oxygens (including phenoxy) is 1. The monoisotopic (exact) mass is 492 g/mol. The summed E-state index contributed by atoms with van der Waals surface area (Å²) in [7, 11) is 0. The molecule has 1 N–H and O–H groups in total. The Morgan fingerprint density at radius 1 is 1.00 bits per heavy atom. The minimum Gasteiger partial charge on any atom is -0.379 e. The van der Waals surface area contributed by atoms with Crippen LogP contribution in [0.25, 0.3) is 16.9 Å². The molecule has 2 aromatic carbocycles. The molecule has 2 heterocycles. The first-order valence-electron chi connectivity index (χ1n) is 10.4. The lowest BCUT2D eigenvalue weighted by Crippen LogP contribution is -2.38. The molecule has 9 heteroatoms. The van der Waals surface area contributed by atoms with Crippen LogP contribution >= 0.6 is 34.8 Å². The van der Waals surface area contributed by atoms with Crippen molar-refractivity contribution in [3.8, 4) is 16.9 Å². The molecule has 0 aliphatic carbocycles. The van der Waals surface area contributed by atoms with Crippen LogP contribution in [0.5, 0.6) is 0 Å². The molecule has 0 radical (unpaired) electrons. The van der Waals surface area contributed by atoms with Gasteiger partial charge in [0.05, 0.1) is 39.7 Å². The number of benzene rings is 2. The summed E-state index contributed by atoms with van der Waals surface area (Å²) in [4.78, 5) is 15.4. The molecule has 6 nitrogen and oxygen atoms in total. The summed E-state index contributed by atoms with van der Waals surface area (Å²) >= 11 is 18.6. The van der Waals surface area contributed by atoms with E-state index in [0.717, 1.165) is 44.8 Å². The van der Waals surface area contributed by atoms with E-state index in [4.69, 9.17) is 39.5 Å². The van der Waals surface area contributed by atoms with Gasteiger partial charge in [0.15, 0.2) is 0 Å². The van der Waals surface area contributed by atoms with Crippen molar-refractivity contribution in [1.29, 1.82) is 0 Å². The highest BCUT2D eigenvalue weighted by Gasteiger charge is 2.19. The molecule has 32 heavy (non-hydrogen) atoms. The lowest BCUT2D eigenvalue weighted by Gasteiger charge is -2.26.